The minimum absolute atomic E-state index is 0.00689. The summed E-state index contributed by atoms with van der Waals surface area (Å²) in [5.74, 6) is -0.796. The van der Waals surface area contributed by atoms with E-state index >= 15 is 0 Å². The van der Waals surface area contributed by atoms with Crippen molar-refractivity contribution in [1.29, 1.82) is 0 Å². The molecule has 0 radical (unpaired) electrons. The molecule has 1 unspecified atom stereocenters. The van der Waals surface area contributed by atoms with Crippen LogP contribution in [0.4, 0.5) is 11.4 Å². The van der Waals surface area contributed by atoms with Gasteiger partial charge in [0.25, 0.3) is 5.69 Å². The first-order valence-electron chi connectivity index (χ1n) is 10.6. The second-order valence-corrected chi connectivity index (χ2v) is 9.42. The maximum Gasteiger partial charge on any atom is 0.271 e. The molecule has 31 heavy (non-hydrogen) atoms. The number of likely N-dealkylation sites (tertiary alicyclic amines) is 2. The van der Waals surface area contributed by atoms with Gasteiger partial charge >= 0.3 is 0 Å². The Labute approximate surface area is 181 Å². The van der Waals surface area contributed by atoms with E-state index in [4.69, 9.17) is 0 Å². The van der Waals surface area contributed by atoms with Crippen LogP contribution in [-0.4, -0.2) is 57.6 Å². The first-order chi connectivity index (χ1) is 14.5. The Kier molecular flexibility index (Phi) is 6.33. The predicted molar refractivity (Wildman–Crippen MR) is 115 cm³/mol. The van der Waals surface area contributed by atoms with Gasteiger partial charge in [-0.1, -0.05) is 6.07 Å². The first-order valence-corrected chi connectivity index (χ1v) is 10.6. The highest BCUT2D eigenvalue weighted by molar-refractivity contribution is 5.94. The summed E-state index contributed by atoms with van der Waals surface area (Å²) < 4.78 is 0. The van der Waals surface area contributed by atoms with Gasteiger partial charge in [-0.25, -0.2) is 0 Å². The number of nitrogens with one attached hydrogen (secondary N) is 1. The van der Waals surface area contributed by atoms with Crippen LogP contribution >= 0.6 is 0 Å². The second kappa shape index (κ2) is 8.64. The van der Waals surface area contributed by atoms with Crippen molar-refractivity contribution in [2.75, 3.05) is 25.0 Å². The number of nitro groups is 1. The number of nitro benzene ring substituents is 1. The van der Waals surface area contributed by atoms with E-state index in [1.807, 2.05) is 20.8 Å². The van der Waals surface area contributed by atoms with Crippen molar-refractivity contribution in [1.82, 2.24) is 9.80 Å². The number of aryl methyl sites for hydroxylation is 1. The minimum Gasteiger partial charge on any atom is -0.342 e. The van der Waals surface area contributed by atoms with Crippen LogP contribution < -0.4 is 5.32 Å². The van der Waals surface area contributed by atoms with E-state index in [2.05, 4.69) is 5.32 Å². The number of piperidine rings is 1. The number of carbonyl (C=O) groups excluding carboxylic acids is 3. The fraction of sp³-hybridized carbons (Fsp3) is 0.591. The Hall–Kier alpha value is -2.97. The van der Waals surface area contributed by atoms with Gasteiger partial charge in [-0.15, -0.1) is 0 Å². The third-order valence-corrected chi connectivity index (χ3v) is 6.15. The second-order valence-electron chi connectivity index (χ2n) is 9.42. The zero-order valence-electron chi connectivity index (χ0n) is 18.5. The molecule has 168 valence electrons. The van der Waals surface area contributed by atoms with E-state index in [-0.39, 0.29) is 47.2 Å². The number of amides is 3. The number of hydrogen-bond donors (Lipinski definition) is 1. The van der Waals surface area contributed by atoms with Crippen LogP contribution in [0.25, 0.3) is 0 Å². The number of hydrogen-bond acceptors (Lipinski definition) is 5. The van der Waals surface area contributed by atoms with Crippen LogP contribution in [-0.2, 0) is 14.4 Å². The summed E-state index contributed by atoms with van der Waals surface area (Å²) in [5, 5.41) is 13.8. The van der Waals surface area contributed by atoms with Gasteiger partial charge in [0.15, 0.2) is 0 Å². The molecule has 0 aromatic heterocycles. The maximum atomic E-state index is 12.9. The average Bonchev–Trinajstić information content (AvgIpc) is 3.11. The lowest BCUT2D eigenvalue weighted by Crippen LogP contribution is -2.46. The first kappa shape index (κ1) is 22.7. The Morgan fingerprint density at radius 2 is 1.81 bits per heavy atom. The molecule has 2 saturated heterocycles. The van der Waals surface area contributed by atoms with Crippen molar-refractivity contribution in [2.45, 2.75) is 52.5 Å². The molecule has 1 N–H and O–H groups in total. The lowest BCUT2D eigenvalue weighted by atomic mass is 9.94. The van der Waals surface area contributed by atoms with E-state index in [9.17, 15) is 24.5 Å². The van der Waals surface area contributed by atoms with Crippen LogP contribution in [0.1, 0.15) is 45.6 Å². The third-order valence-electron chi connectivity index (χ3n) is 6.15. The van der Waals surface area contributed by atoms with Crippen molar-refractivity contribution in [2.24, 2.45) is 11.8 Å². The maximum absolute atomic E-state index is 12.9. The van der Waals surface area contributed by atoms with Gasteiger partial charge in [0.2, 0.25) is 17.7 Å². The largest absolute Gasteiger partial charge is 0.342 e. The smallest absolute Gasteiger partial charge is 0.271 e. The molecule has 1 aromatic rings. The molecule has 3 rings (SSSR count). The molecule has 2 fully saturated rings. The summed E-state index contributed by atoms with van der Waals surface area (Å²) >= 11 is 0. The zero-order chi connectivity index (χ0) is 22.9. The predicted octanol–water partition coefficient (Wildman–Crippen LogP) is 2.73. The van der Waals surface area contributed by atoms with Gasteiger partial charge in [0.05, 0.1) is 16.5 Å². The Morgan fingerprint density at radius 3 is 2.35 bits per heavy atom. The molecule has 9 heteroatoms. The fourth-order valence-corrected chi connectivity index (χ4v) is 4.23. The van der Waals surface area contributed by atoms with Crippen LogP contribution in [0.3, 0.4) is 0 Å². The number of non-ortho nitro benzene ring substituents is 1. The molecule has 1 aromatic carbocycles. The SMILES string of the molecule is Cc1ccc([N+](=O)[O-])cc1NC(=O)C1CCN(C(=O)C2CC(=O)N(C(C)(C)C)C2)CC1. The topological polar surface area (TPSA) is 113 Å². The van der Waals surface area contributed by atoms with Crippen molar-refractivity contribution in [3.05, 3.63) is 33.9 Å². The fourth-order valence-electron chi connectivity index (χ4n) is 4.23. The normalized spacial score (nSPS) is 20.1. The molecule has 0 spiro atoms. The van der Waals surface area contributed by atoms with Gasteiger partial charge < -0.3 is 15.1 Å². The Morgan fingerprint density at radius 1 is 1.16 bits per heavy atom. The summed E-state index contributed by atoms with van der Waals surface area (Å²) in [6.07, 6.45) is 1.28. The summed E-state index contributed by atoms with van der Waals surface area (Å²) in [6, 6.07) is 4.38. The van der Waals surface area contributed by atoms with Crippen LogP contribution in [0.2, 0.25) is 0 Å². The number of carbonyl (C=O) groups is 3. The molecule has 2 aliphatic heterocycles. The molecule has 0 aliphatic carbocycles. The zero-order valence-corrected chi connectivity index (χ0v) is 18.5. The Bertz CT molecular complexity index is 900. The molecule has 0 bridgehead atoms. The summed E-state index contributed by atoms with van der Waals surface area (Å²) in [7, 11) is 0. The van der Waals surface area contributed by atoms with E-state index in [0.717, 1.165) is 5.56 Å². The summed E-state index contributed by atoms with van der Waals surface area (Å²) in [5.41, 5.74) is 0.809. The lowest BCUT2D eigenvalue weighted by molar-refractivity contribution is -0.384. The van der Waals surface area contributed by atoms with E-state index in [1.54, 1.807) is 22.8 Å². The van der Waals surface area contributed by atoms with Crippen molar-refractivity contribution in [3.63, 3.8) is 0 Å². The summed E-state index contributed by atoms with van der Waals surface area (Å²) in [4.78, 5) is 51.9. The van der Waals surface area contributed by atoms with Crippen LogP contribution in [0.15, 0.2) is 18.2 Å². The number of benzene rings is 1. The highest BCUT2D eigenvalue weighted by Gasteiger charge is 2.41. The molecular weight excluding hydrogens is 400 g/mol. The van der Waals surface area contributed by atoms with Crippen LogP contribution in [0, 0.1) is 28.9 Å². The van der Waals surface area contributed by atoms with Crippen LogP contribution in [0.5, 0.6) is 0 Å². The van der Waals surface area contributed by atoms with Crippen molar-refractivity contribution >= 4 is 29.1 Å². The van der Waals surface area contributed by atoms with Gasteiger partial charge in [-0.2, -0.15) is 0 Å². The quantitative estimate of drug-likeness (QED) is 0.583. The van der Waals surface area contributed by atoms with Crippen molar-refractivity contribution in [3.8, 4) is 0 Å². The molecule has 1 atom stereocenters. The third kappa shape index (κ3) is 5.03. The molecule has 3 amide bonds. The molecule has 9 nitrogen and oxygen atoms in total. The van der Waals surface area contributed by atoms with E-state index in [1.165, 1.54) is 12.1 Å². The van der Waals surface area contributed by atoms with Gasteiger partial charge in [-0.3, -0.25) is 24.5 Å². The van der Waals surface area contributed by atoms with Gasteiger partial charge in [0.1, 0.15) is 0 Å². The van der Waals surface area contributed by atoms with E-state index in [0.29, 0.717) is 38.2 Å². The molecular formula is C22H30N4O5. The van der Waals surface area contributed by atoms with Crippen molar-refractivity contribution < 1.29 is 19.3 Å². The molecule has 2 aliphatic rings. The molecule has 2 heterocycles. The Balaban J connectivity index is 1.56. The average molecular weight is 431 g/mol. The number of rotatable bonds is 4. The molecule has 0 saturated carbocycles. The lowest BCUT2D eigenvalue weighted by Gasteiger charge is -2.34. The minimum atomic E-state index is -0.492. The van der Waals surface area contributed by atoms with Gasteiger partial charge in [-0.05, 0) is 46.1 Å². The monoisotopic (exact) mass is 430 g/mol. The standard InChI is InChI=1S/C22H30N4O5/c1-14-5-6-17(26(30)31)12-18(14)23-20(28)15-7-9-24(10-8-15)21(29)16-11-19(27)25(13-16)22(2,3)4/h5-6,12,15-16H,7-11,13H2,1-4H3,(H,23,28). The number of anilines is 1. The highest BCUT2D eigenvalue weighted by atomic mass is 16.6. The van der Waals surface area contributed by atoms with E-state index < -0.39 is 4.92 Å². The van der Waals surface area contributed by atoms with Gasteiger partial charge in [0, 0.05) is 49.6 Å². The summed E-state index contributed by atoms with van der Waals surface area (Å²) in [6.45, 7) is 9.04. The highest BCUT2D eigenvalue weighted by Crippen LogP contribution is 2.29. The number of nitrogens with zero attached hydrogens (tertiary/aromatic N) is 3.